The summed E-state index contributed by atoms with van der Waals surface area (Å²) in [6.07, 6.45) is 5.12. The van der Waals surface area contributed by atoms with Gasteiger partial charge in [0.05, 0.1) is 22.2 Å². The lowest BCUT2D eigenvalue weighted by atomic mass is 9.98. The zero-order valence-electron chi connectivity index (χ0n) is 19.5. The number of fused-ring (bicyclic) bond motifs is 4. The van der Waals surface area contributed by atoms with Crippen molar-refractivity contribution in [1.29, 1.82) is 0 Å². The second-order valence-electron chi connectivity index (χ2n) is 8.83. The van der Waals surface area contributed by atoms with E-state index in [0.29, 0.717) is 11.2 Å². The first-order valence-electron chi connectivity index (χ1n) is 11.8. The van der Waals surface area contributed by atoms with Crippen LogP contribution in [0.3, 0.4) is 0 Å². The Labute approximate surface area is 216 Å². The average molecular weight is 501 g/mol. The van der Waals surface area contributed by atoms with E-state index in [2.05, 4.69) is 67.7 Å². The molecule has 0 saturated carbocycles. The van der Waals surface area contributed by atoms with Crippen LogP contribution in [0.2, 0.25) is 0 Å². The molecule has 6 aromatic rings. The number of carbonyl (C=O) groups excluding carboxylic acids is 1. The van der Waals surface area contributed by atoms with E-state index in [-0.39, 0.29) is 17.9 Å². The minimum atomic E-state index is -0.262. The Morgan fingerprint density at radius 3 is 2.59 bits per heavy atom. The van der Waals surface area contributed by atoms with Crippen molar-refractivity contribution < 1.29 is 4.79 Å². The number of nitrogens with two attached hydrogens (primary N) is 1. The molecule has 1 amide bonds. The van der Waals surface area contributed by atoms with Crippen molar-refractivity contribution in [3.8, 4) is 32.1 Å². The van der Waals surface area contributed by atoms with Crippen LogP contribution < -0.4 is 11.1 Å². The van der Waals surface area contributed by atoms with Crippen molar-refractivity contribution in [3.05, 3.63) is 108 Å². The monoisotopic (exact) mass is 500 g/mol. The summed E-state index contributed by atoms with van der Waals surface area (Å²) in [4.78, 5) is 31.4. The van der Waals surface area contributed by atoms with E-state index < -0.39 is 0 Å². The minimum Gasteiger partial charge on any atom is -0.368 e. The molecule has 7 nitrogen and oxygen atoms in total. The fourth-order valence-corrected chi connectivity index (χ4v) is 6.12. The molecule has 0 spiro atoms. The number of nitrogens with zero attached hydrogens (tertiary/aromatic N) is 3. The number of amides is 1. The van der Waals surface area contributed by atoms with E-state index in [4.69, 9.17) is 5.73 Å². The van der Waals surface area contributed by atoms with E-state index in [0.717, 1.165) is 48.7 Å². The molecule has 8 heteroatoms. The Morgan fingerprint density at radius 1 is 0.865 bits per heavy atom. The molecule has 4 N–H and O–H groups in total. The molecule has 0 saturated heterocycles. The van der Waals surface area contributed by atoms with Gasteiger partial charge in [0.1, 0.15) is 5.65 Å². The predicted octanol–water partition coefficient (Wildman–Crippen LogP) is 5.83. The summed E-state index contributed by atoms with van der Waals surface area (Å²) in [5, 5.41) is 4.10. The largest absolute Gasteiger partial charge is 0.368 e. The van der Waals surface area contributed by atoms with Gasteiger partial charge in [0.25, 0.3) is 5.91 Å². The van der Waals surface area contributed by atoms with Gasteiger partial charge in [-0.25, -0.2) is 15.0 Å². The topological polar surface area (TPSA) is 110 Å². The number of nitrogens with one attached hydrogen (secondary N) is 2. The van der Waals surface area contributed by atoms with Crippen LogP contribution >= 0.6 is 11.3 Å². The third kappa shape index (κ3) is 3.49. The number of nitrogen functional groups attached to an aromatic ring is 1. The van der Waals surface area contributed by atoms with E-state index in [1.165, 1.54) is 0 Å². The van der Waals surface area contributed by atoms with Gasteiger partial charge in [0.15, 0.2) is 0 Å². The molecule has 0 bridgehead atoms. The third-order valence-corrected chi connectivity index (χ3v) is 7.87. The number of hydrogen-bond donors (Lipinski definition) is 3. The maximum absolute atomic E-state index is 13.5. The molecule has 0 fully saturated rings. The predicted molar refractivity (Wildman–Crippen MR) is 146 cm³/mol. The number of pyridine rings is 1. The number of anilines is 1. The Bertz CT molecular complexity index is 1820. The van der Waals surface area contributed by atoms with E-state index in [1.54, 1.807) is 36.0 Å². The van der Waals surface area contributed by atoms with Crippen LogP contribution in [0.25, 0.3) is 43.2 Å². The van der Waals surface area contributed by atoms with Crippen LogP contribution in [0.15, 0.2) is 91.4 Å². The molecule has 1 unspecified atom stereocenters. The summed E-state index contributed by atoms with van der Waals surface area (Å²) in [6.45, 7) is 0. The number of rotatable bonds is 4. The first kappa shape index (κ1) is 21.5. The fourth-order valence-electron chi connectivity index (χ4n) is 5.12. The van der Waals surface area contributed by atoms with Crippen molar-refractivity contribution in [3.63, 3.8) is 0 Å². The Balaban J connectivity index is 1.31. The SMILES string of the molecule is Nc1nccc(-c2ccc(-c3cccc4c3-c3ccccc3C4NC(=O)c3ccnc4[nH]ccc34)s2)n1. The first-order chi connectivity index (χ1) is 18.2. The minimum absolute atomic E-state index is 0.134. The molecule has 4 heterocycles. The molecule has 1 atom stereocenters. The normalized spacial score (nSPS) is 13.9. The van der Waals surface area contributed by atoms with Crippen LogP contribution in [-0.2, 0) is 0 Å². The van der Waals surface area contributed by atoms with Crippen molar-refractivity contribution >= 4 is 34.2 Å². The number of hydrogen-bond acceptors (Lipinski definition) is 6. The van der Waals surface area contributed by atoms with E-state index >= 15 is 0 Å². The number of aromatic nitrogens is 4. The summed E-state index contributed by atoms with van der Waals surface area (Å²) in [6, 6.07) is 24.0. The highest BCUT2D eigenvalue weighted by atomic mass is 32.1. The summed E-state index contributed by atoms with van der Waals surface area (Å²) in [7, 11) is 0. The standard InChI is InChI=1S/C29H20N6OS/c30-29-33-15-12-22(34-29)24-9-8-23(37-24)20-6-3-7-21-25(20)16-4-1-2-5-17(16)26(21)35-28(36)19-11-14-32-27-18(19)10-13-31-27/h1-15,26H,(H,31,32)(H,35,36)(H2,30,33,34). The van der Waals surface area contributed by atoms with Gasteiger partial charge < -0.3 is 16.0 Å². The number of thiophene rings is 1. The molecule has 178 valence electrons. The van der Waals surface area contributed by atoms with Gasteiger partial charge >= 0.3 is 0 Å². The fraction of sp³-hybridized carbons (Fsp3) is 0.0345. The summed E-state index contributed by atoms with van der Waals surface area (Å²) < 4.78 is 0. The molecular weight excluding hydrogens is 480 g/mol. The lowest BCUT2D eigenvalue weighted by molar-refractivity contribution is 0.0945. The highest BCUT2D eigenvalue weighted by Gasteiger charge is 2.32. The smallest absolute Gasteiger partial charge is 0.252 e. The van der Waals surface area contributed by atoms with Gasteiger partial charge in [-0.3, -0.25) is 4.79 Å². The second kappa shape index (κ2) is 8.39. The van der Waals surface area contributed by atoms with Crippen molar-refractivity contribution in [2.24, 2.45) is 0 Å². The zero-order valence-corrected chi connectivity index (χ0v) is 20.3. The van der Waals surface area contributed by atoms with Gasteiger partial charge in [-0.15, -0.1) is 11.3 Å². The molecular formula is C29H20N6OS. The first-order valence-corrected chi connectivity index (χ1v) is 12.6. The van der Waals surface area contributed by atoms with Crippen LogP contribution in [0.1, 0.15) is 27.5 Å². The Kier molecular flexibility index (Phi) is 4.87. The molecule has 2 aromatic carbocycles. The highest BCUT2D eigenvalue weighted by Crippen LogP contribution is 2.49. The molecule has 0 radical (unpaired) electrons. The highest BCUT2D eigenvalue weighted by molar-refractivity contribution is 7.18. The van der Waals surface area contributed by atoms with Crippen molar-refractivity contribution in [2.45, 2.75) is 6.04 Å². The van der Waals surface area contributed by atoms with Gasteiger partial charge in [-0.1, -0.05) is 42.5 Å². The van der Waals surface area contributed by atoms with Crippen molar-refractivity contribution in [2.75, 3.05) is 5.73 Å². The van der Waals surface area contributed by atoms with Gasteiger partial charge in [0, 0.05) is 28.9 Å². The van der Waals surface area contributed by atoms with Crippen LogP contribution in [0.5, 0.6) is 0 Å². The Morgan fingerprint density at radius 2 is 1.68 bits per heavy atom. The number of benzene rings is 2. The number of H-pyrrole nitrogens is 1. The lowest BCUT2D eigenvalue weighted by Gasteiger charge is -2.17. The summed E-state index contributed by atoms with van der Waals surface area (Å²) in [5.41, 5.74) is 13.4. The van der Waals surface area contributed by atoms with Gasteiger partial charge in [-0.2, -0.15) is 0 Å². The summed E-state index contributed by atoms with van der Waals surface area (Å²) >= 11 is 1.66. The molecule has 1 aliphatic rings. The average Bonchev–Trinajstić information content (AvgIpc) is 3.67. The Hall–Kier alpha value is -4.82. The van der Waals surface area contributed by atoms with Gasteiger partial charge in [-0.05, 0) is 58.1 Å². The van der Waals surface area contributed by atoms with Gasteiger partial charge in [0.2, 0.25) is 5.95 Å². The van der Waals surface area contributed by atoms with E-state index in [9.17, 15) is 4.79 Å². The number of carbonyl (C=O) groups is 1. The zero-order chi connectivity index (χ0) is 24.9. The second-order valence-corrected chi connectivity index (χ2v) is 9.91. The van der Waals surface area contributed by atoms with Crippen LogP contribution in [0, 0.1) is 0 Å². The van der Waals surface area contributed by atoms with Crippen LogP contribution in [0.4, 0.5) is 5.95 Å². The van der Waals surface area contributed by atoms with E-state index in [1.807, 2.05) is 24.3 Å². The molecule has 1 aliphatic carbocycles. The molecule has 37 heavy (non-hydrogen) atoms. The quantitative estimate of drug-likeness (QED) is 0.282. The number of aromatic amines is 1. The maximum atomic E-state index is 13.5. The summed E-state index contributed by atoms with van der Waals surface area (Å²) in [5.74, 6) is 0.122. The van der Waals surface area contributed by atoms with Crippen LogP contribution in [-0.4, -0.2) is 25.8 Å². The molecule has 0 aliphatic heterocycles. The maximum Gasteiger partial charge on any atom is 0.252 e. The van der Waals surface area contributed by atoms with Crippen molar-refractivity contribution in [1.82, 2.24) is 25.3 Å². The third-order valence-electron chi connectivity index (χ3n) is 6.73. The lowest BCUT2D eigenvalue weighted by Crippen LogP contribution is -2.28. The molecule has 7 rings (SSSR count). The molecule has 4 aromatic heterocycles.